The Hall–Kier alpha value is -2.64. The summed E-state index contributed by atoms with van der Waals surface area (Å²) in [6.07, 6.45) is 0. The molecule has 3 aromatic rings. The molecule has 0 atom stereocenters. The summed E-state index contributed by atoms with van der Waals surface area (Å²) in [4.78, 5) is 29.5. The van der Waals surface area contributed by atoms with Crippen molar-refractivity contribution in [2.24, 2.45) is 0 Å². The van der Waals surface area contributed by atoms with Gasteiger partial charge in [-0.15, -0.1) is 11.3 Å². The van der Waals surface area contributed by atoms with Crippen LogP contribution in [0.3, 0.4) is 0 Å². The van der Waals surface area contributed by atoms with E-state index in [1.807, 2.05) is 63.4 Å². The fraction of sp³-hybridized carbons (Fsp3) is 0.261. The number of nitrogens with one attached hydrogen (secondary N) is 2. The molecule has 0 saturated carbocycles. The number of nitrogens with zero attached hydrogens (tertiary/aromatic N) is 1. The molecule has 0 aliphatic heterocycles. The number of rotatable bonds is 7. The first-order valence-corrected chi connectivity index (χ1v) is 11.5. The second-order valence-electron chi connectivity index (χ2n) is 7.21. The maximum absolute atomic E-state index is 12.7. The molecule has 1 aromatic heterocycles. The smallest absolute Gasteiger partial charge is 0.252 e. The molecule has 2 amide bonds. The summed E-state index contributed by atoms with van der Waals surface area (Å²) in [6.45, 7) is 7.83. The highest BCUT2D eigenvalue weighted by Gasteiger charge is 2.14. The molecule has 2 aromatic carbocycles. The Balaban J connectivity index is 1.60. The number of carbonyl (C=O) groups is 2. The molecule has 3 rings (SSSR count). The molecule has 0 bridgehead atoms. The van der Waals surface area contributed by atoms with Crippen LogP contribution in [0.5, 0.6) is 0 Å². The van der Waals surface area contributed by atoms with E-state index in [0.717, 1.165) is 38.0 Å². The second kappa shape index (κ2) is 9.91. The summed E-state index contributed by atoms with van der Waals surface area (Å²) in [5.74, 6) is 0.141. The molecule has 0 radical (unpaired) electrons. The minimum Gasteiger partial charge on any atom is -0.343 e. The van der Waals surface area contributed by atoms with Gasteiger partial charge in [0.25, 0.3) is 5.91 Å². The van der Waals surface area contributed by atoms with Crippen molar-refractivity contribution < 1.29 is 9.59 Å². The minimum absolute atomic E-state index is 0.0846. The van der Waals surface area contributed by atoms with Crippen molar-refractivity contribution in [3.63, 3.8) is 0 Å². The first kappa shape index (κ1) is 22.1. The summed E-state index contributed by atoms with van der Waals surface area (Å²) in [5, 5.41) is 7.66. The number of carbonyl (C=O) groups excluding carboxylic acids is 2. The van der Waals surface area contributed by atoms with E-state index in [-0.39, 0.29) is 18.4 Å². The van der Waals surface area contributed by atoms with E-state index in [1.165, 1.54) is 0 Å². The molecular formula is C23H25N3O2S2. The molecule has 156 valence electrons. The number of amides is 2. The second-order valence-corrected chi connectivity index (χ2v) is 9.29. The summed E-state index contributed by atoms with van der Waals surface area (Å²) in [7, 11) is 0. The lowest BCUT2D eigenvalue weighted by Gasteiger charge is -2.14. The molecule has 0 aliphatic carbocycles. The highest BCUT2D eigenvalue weighted by atomic mass is 32.2. The predicted octanol–water partition coefficient (Wildman–Crippen LogP) is 5.04. The Morgan fingerprint density at radius 2 is 1.77 bits per heavy atom. The van der Waals surface area contributed by atoms with Gasteiger partial charge in [0.2, 0.25) is 5.91 Å². The molecule has 2 N–H and O–H groups in total. The zero-order valence-corrected chi connectivity index (χ0v) is 19.2. The number of aromatic nitrogens is 1. The summed E-state index contributed by atoms with van der Waals surface area (Å²) in [6, 6.07) is 11.5. The fourth-order valence-corrected chi connectivity index (χ4v) is 5.08. The number of thiazole rings is 1. The topological polar surface area (TPSA) is 71.1 Å². The third-order valence-corrected chi connectivity index (χ3v) is 6.75. The predicted molar refractivity (Wildman–Crippen MR) is 124 cm³/mol. The lowest BCUT2D eigenvalue weighted by Crippen LogP contribution is -2.33. The number of hydrogen-bond acceptors (Lipinski definition) is 5. The van der Waals surface area contributed by atoms with Gasteiger partial charge < -0.3 is 10.6 Å². The highest BCUT2D eigenvalue weighted by molar-refractivity contribution is 8.00. The zero-order valence-electron chi connectivity index (χ0n) is 17.5. The average Bonchev–Trinajstić information content (AvgIpc) is 3.12. The van der Waals surface area contributed by atoms with Gasteiger partial charge >= 0.3 is 0 Å². The third kappa shape index (κ3) is 5.70. The van der Waals surface area contributed by atoms with Crippen molar-refractivity contribution in [2.45, 2.75) is 37.8 Å². The highest BCUT2D eigenvalue weighted by Crippen LogP contribution is 2.27. The molecule has 0 spiro atoms. The van der Waals surface area contributed by atoms with Crippen LogP contribution in [-0.2, 0) is 10.5 Å². The van der Waals surface area contributed by atoms with Gasteiger partial charge in [-0.05, 0) is 50.5 Å². The zero-order chi connectivity index (χ0) is 21.7. The lowest BCUT2D eigenvalue weighted by molar-refractivity contribution is -0.115. The molecule has 30 heavy (non-hydrogen) atoms. The van der Waals surface area contributed by atoms with E-state index in [4.69, 9.17) is 0 Å². The van der Waals surface area contributed by atoms with Crippen LogP contribution in [0.1, 0.15) is 38.3 Å². The Labute approximate surface area is 185 Å². The van der Waals surface area contributed by atoms with Gasteiger partial charge in [0.15, 0.2) is 0 Å². The first-order valence-electron chi connectivity index (χ1n) is 9.62. The first-order chi connectivity index (χ1) is 14.3. The summed E-state index contributed by atoms with van der Waals surface area (Å²) in [5.41, 5.74) is 6.46. The Morgan fingerprint density at radius 3 is 2.43 bits per heavy atom. The molecule has 0 unspecified atom stereocenters. The van der Waals surface area contributed by atoms with E-state index in [9.17, 15) is 9.59 Å². The molecule has 5 nitrogen and oxygen atoms in total. The average molecular weight is 440 g/mol. The van der Waals surface area contributed by atoms with Gasteiger partial charge in [-0.3, -0.25) is 9.59 Å². The molecule has 1 heterocycles. The quantitative estimate of drug-likeness (QED) is 0.506. The van der Waals surface area contributed by atoms with E-state index in [2.05, 4.69) is 15.6 Å². The van der Waals surface area contributed by atoms with Crippen molar-refractivity contribution >= 4 is 40.6 Å². The Kier molecular flexibility index (Phi) is 7.29. The van der Waals surface area contributed by atoms with Crippen molar-refractivity contribution in [2.75, 3.05) is 11.9 Å². The van der Waals surface area contributed by atoms with Crippen LogP contribution in [0.2, 0.25) is 0 Å². The summed E-state index contributed by atoms with van der Waals surface area (Å²) >= 11 is 3.20. The van der Waals surface area contributed by atoms with E-state index < -0.39 is 0 Å². The maximum Gasteiger partial charge on any atom is 0.252 e. The number of benzene rings is 2. The largest absolute Gasteiger partial charge is 0.343 e. The lowest BCUT2D eigenvalue weighted by atomic mass is 10.1. The van der Waals surface area contributed by atoms with Crippen LogP contribution < -0.4 is 10.6 Å². The van der Waals surface area contributed by atoms with Crippen molar-refractivity contribution in [3.05, 3.63) is 75.3 Å². The fourth-order valence-electron chi connectivity index (χ4n) is 3.22. The van der Waals surface area contributed by atoms with Crippen molar-refractivity contribution in [1.82, 2.24) is 10.3 Å². The number of thioether (sulfide) groups is 1. The van der Waals surface area contributed by atoms with Gasteiger partial charge in [0.05, 0.1) is 6.54 Å². The molecule has 0 saturated heterocycles. The number of anilines is 1. The minimum atomic E-state index is -0.256. The normalized spacial score (nSPS) is 10.7. The van der Waals surface area contributed by atoms with Gasteiger partial charge in [0.1, 0.15) is 4.34 Å². The van der Waals surface area contributed by atoms with Crippen LogP contribution in [0.15, 0.2) is 46.1 Å². The number of hydrogen-bond donors (Lipinski definition) is 2. The molecule has 7 heteroatoms. The van der Waals surface area contributed by atoms with Gasteiger partial charge in [-0.25, -0.2) is 4.98 Å². The van der Waals surface area contributed by atoms with Crippen LogP contribution in [0, 0.1) is 27.7 Å². The Morgan fingerprint density at radius 1 is 1.07 bits per heavy atom. The van der Waals surface area contributed by atoms with Gasteiger partial charge in [-0.2, -0.15) is 0 Å². The van der Waals surface area contributed by atoms with Crippen molar-refractivity contribution in [3.8, 4) is 0 Å². The number of aryl methyl sites for hydroxylation is 4. The van der Waals surface area contributed by atoms with E-state index in [1.54, 1.807) is 29.2 Å². The maximum atomic E-state index is 12.7. The van der Waals surface area contributed by atoms with Gasteiger partial charge in [-0.1, -0.05) is 47.7 Å². The van der Waals surface area contributed by atoms with Crippen LogP contribution in [0.4, 0.5) is 5.69 Å². The standard InChI is InChI=1S/C23H25N3O2S2/c1-14-9-15(2)21(16(3)10-14)26-20(27)11-24-22(28)19-8-6-5-7-18(19)13-30-23-25-17(4)12-29-23/h5-10,12H,11,13H2,1-4H3,(H,24,28)(H,26,27). The van der Waals surface area contributed by atoms with Crippen molar-refractivity contribution in [1.29, 1.82) is 0 Å². The van der Waals surface area contributed by atoms with E-state index >= 15 is 0 Å². The third-order valence-electron chi connectivity index (χ3n) is 4.56. The van der Waals surface area contributed by atoms with E-state index in [0.29, 0.717) is 11.3 Å². The molecule has 0 aliphatic rings. The Bertz CT molecular complexity index is 1050. The van der Waals surface area contributed by atoms with Crippen LogP contribution >= 0.6 is 23.1 Å². The SMILES string of the molecule is Cc1cc(C)c(NC(=O)CNC(=O)c2ccccc2CSc2nc(C)cs2)c(C)c1. The van der Waals surface area contributed by atoms with Crippen LogP contribution in [-0.4, -0.2) is 23.3 Å². The summed E-state index contributed by atoms with van der Waals surface area (Å²) < 4.78 is 0.978. The monoisotopic (exact) mass is 439 g/mol. The van der Waals surface area contributed by atoms with Gasteiger partial charge in [0, 0.05) is 28.1 Å². The van der Waals surface area contributed by atoms with Crippen LogP contribution in [0.25, 0.3) is 0 Å². The molecular weight excluding hydrogens is 414 g/mol. The molecule has 0 fully saturated rings.